The Bertz CT molecular complexity index is 346. The third kappa shape index (κ3) is 24.2. The topological polar surface area (TPSA) is 55.4 Å². The van der Waals surface area contributed by atoms with Crippen LogP contribution in [-0.4, -0.2) is 62.3 Å². The molecule has 6 nitrogen and oxygen atoms in total. The van der Waals surface area contributed by atoms with Crippen molar-refractivity contribution in [2.75, 3.05) is 0 Å². The van der Waals surface area contributed by atoms with Gasteiger partial charge in [-0.25, -0.2) is 0 Å². The van der Waals surface area contributed by atoms with Gasteiger partial charge in [-0.3, -0.25) is 0 Å². The molecule has 0 bridgehead atoms. The largest absolute Gasteiger partial charge is 0.467 e. The Morgan fingerprint density at radius 3 is 0.677 bits per heavy atom. The van der Waals surface area contributed by atoms with Gasteiger partial charge in [0, 0.05) is 13.1 Å². The third-order valence-electron chi connectivity index (χ3n) is 2.66. The zero-order valence-corrected chi connectivity index (χ0v) is 25.9. The highest BCUT2D eigenvalue weighted by molar-refractivity contribution is 6.87. The summed E-state index contributed by atoms with van der Waals surface area (Å²) < 4.78 is 37.9. The number of hydrogen-bond donors (Lipinski definition) is 0. The summed E-state index contributed by atoms with van der Waals surface area (Å²) in [5.41, 5.74) is 0. The summed E-state index contributed by atoms with van der Waals surface area (Å²) in [6.45, 7) is 25.3. The highest BCUT2D eigenvalue weighted by atomic mass is 28.5. The van der Waals surface area contributed by atoms with Crippen LogP contribution in [0.25, 0.3) is 0 Å². The summed E-state index contributed by atoms with van der Waals surface area (Å²) in [6.07, 6.45) is 0. The van der Waals surface area contributed by atoms with Gasteiger partial charge in [-0.1, -0.05) is 44.6 Å². The summed E-state index contributed by atoms with van der Waals surface area (Å²) in [4.78, 5) is 0. The average Bonchev–Trinajstić information content (AvgIpc) is 2.18. The summed E-state index contributed by atoms with van der Waals surface area (Å²) in [5, 5.41) is 0. The fraction of sp³-hybridized carbons (Fsp3) is 1.00. The SMILES string of the molecule is C.C.C.C.C.C.C[SiH](C)O[Si](C)(O[SiH](C)C)O[Si](C)(C)O[Si](C)(O[SiH](C)C)O[SiH](C)C. The minimum absolute atomic E-state index is 0. The van der Waals surface area contributed by atoms with Crippen LogP contribution in [0.5, 0.6) is 0 Å². The Hall–Kier alpha value is 1.28. The van der Waals surface area contributed by atoms with Gasteiger partial charge in [0.25, 0.3) is 0 Å². The van der Waals surface area contributed by atoms with Gasteiger partial charge in [-0.15, -0.1) is 0 Å². The maximum Gasteiger partial charge on any atom is 0.467 e. The monoisotopic (exact) mass is 572 g/mol. The third-order valence-corrected chi connectivity index (χ3v) is 24.0. The smallest absolute Gasteiger partial charge is 0.420 e. The van der Waals surface area contributed by atoms with E-state index in [1.54, 1.807) is 0 Å². The summed E-state index contributed by atoms with van der Waals surface area (Å²) in [7, 11) is -13.0. The molecule has 0 amide bonds. The molecule has 0 saturated heterocycles. The van der Waals surface area contributed by atoms with Gasteiger partial charge in [0.05, 0.1) is 0 Å². The molecule has 0 aromatic carbocycles. The fourth-order valence-corrected chi connectivity index (χ4v) is 28.1. The van der Waals surface area contributed by atoms with Crippen LogP contribution in [0, 0.1) is 0 Å². The first-order valence-corrected chi connectivity index (χ1v) is 27.6. The van der Waals surface area contributed by atoms with E-state index in [4.69, 9.17) is 24.7 Å². The fourth-order valence-electron chi connectivity index (χ4n) is 2.78. The molecule has 0 heterocycles. The summed E-state index contributed by atoms with van der Waals surface area (Å²) >= 11 is 0. The van der Waals surface area contributed by atoms with E-state index in [1.165, 1.54) is 0 Å². The molecule has 200 valence electrons. The average molecular weight is 573 g/mol. The molecule has 31 heavy (non-hydrogen) atoms. The van der Waals surface area contributed by atoms with Crippen molar-refractivity contribution in [2.24, 2.45) is 0 Å². The lowest BCUT2D eigenvalue weighted by Crippen LogP contribution is -2.61. The van der Waals surface area contributed by atoms with Gasteiger partial charge in [0.15, 0.2) is 36.2 Å². The van der Waals surface area contributed by atoms with Crippen molar-refractivity contribution in [3.8, 4) is 0 Å². The maximum atomic E-state index is 6.49. The molecule has 0 unspecified atom stereocenters. The lowest BCUT2D eigenvalue weighted by Gasteiger charge is -2.41. The van der Waals surface area contributed by atoms with Crippen LogP contribution in [-0.2, 0) is 24.7 Å². The molecular weight excluding hydrogens is 509 g/mol. The van der Waals surface area contributed by atoms with Crippen LogP contribution in [0.2, 0.25) is 78.6 Å². The van der Waals surface area contributed by atoms with Crippen molar-refractivity contribution >= 4 is 62.3 Å². The quantitative estimate of drug-likeness (QED) is 0.243. The van der Waals surface area contributed by atoms with Crippen molar-refractivity contribution in [1.29, 1.82) is 0 Å². The highest BCUT2D eigenvalue weighted by Gasteiger charge is 2.49. The second-order valence-electron chi connectivity index (χ2n) is 8.00. The first kappa shape index (κ1) is 49.4. The molecule has 0 aliphatic carbocycles. The molecule has 13 heteroatoms. The minimum atomic E-state index is -2.70. The predicted molar refractivity (Wildman–Crippen MR) is 163 cm³/mol. The first-order valence-electron chi connectivity index (χ1n) is 9.19. The van der Waals surface area contributed by atoms with Gasteiger partial charge < -0.3 is 24.7 Å². The molecule has 0 aliphatic heterocycles. The Labute approximate surface area is 209 Å². The van der Waals surface area contributed by atoms with E-state index in [2.05, 4.69) is 65.5 Å². The minimum Gasteiger partial charge on any atom is -0.420 e. The molecule has 0 rings (SSSR count). The van der Waals surface area contributed by atoms with Gasteiger partial charge in [0.2, 0.25) is 0 Å². The maximum absolute atomic E-state index is 6.49. The number of hydrogen-bond acceptors (Lipinski definition) is 6. The Morgan fingerprint density at radius 1 is 0.387 bits per heavy atom. The normalized spacial score (nSPS) is 11.6. The lowest BCUT2D eigenvalue weighted by atomic mass is 11.9. The molecule has 0 radical (unpaired) electrons. The first-order chi connectivity index (χ1) is 11.1. The van der Waals surface area contributed by atoms with Crippen molar-refractivity contribution < 1.29 is 24.7 Å². The van der Waals surface area contributed by atoms with Crippen molar-refractivity contribution in [3.05, 3.63) is 0 Å². The predicted octanol–water partition coefficient (Wildman–Crippen LogP) is 6.68. The van der Waals surface area contributed by atoms with Crippen LogP contribution < -0.4 is 0 Å². The molecule has 0 atom stereocenters. The van der Waals surface area contributed by atoms with Crippen molar-refractivity contribution in [3.63, 3.8) is 0 Å². The van der Waals surface area contributed by atoms with E-state index >= 15 is 0 Å². The Kier molecular flexibility index (Phi) is 32.9. The van der Waals surface area contributed by atoms with Crippen LogP contribution in [0.4, 0.5) is 0 Å². The standard InChI is InChI=1S/C12H40O6Si7.6CH4/c1-19(2)13-24(11,14-20(3)4)17-23(9,10)18-25(12,15-21(5)6)16-22(7)8;;;;;;/h19-22H,1-12H3;6*1H4. The van der Waals surface area contributed by atoms with Crippen LogP contribution in [0.1, 0.15) is 44.6 Å². The zero-order valence-electron chi connectivity index (χ0n) is 18.3. The second kappa shape index (κ2) is 20.6. The van der Waals surface area contributed by atoms with Gasteiger partial charge in [0.1, 0.15) is 0 Å². The van der Waals surface area contributed by atoms with E-state index in [1.807, 2.05) is 13.1 Å². The lowest BCUT2D eigenvalue weighted by molar-refractivity contribution is 0.207. The Balaban J connectivity index is -0.000000192. The van der Waals surface area contributed by atoms with Gasteiger partial charge >= 0.3 is 26.2 Å². The molecule has 0 saturated carbocycles. The van der Waals surface area contributed by atoms with E-state index in [-0.39, 0.29) is 44.6 Å². The van der Waals surface area contributed by atoms with Crippen LogP contribution >= 0.6 is 0 Å². The molecule has 0 aliphatic rings. The van der Waals surface area contributed by atoms with Crippen LogP contribution in [0.15, 0.2) is 0 Å². The van der Waals surface area contributed by atoms with E-state index in [0.717, 1.165) is 0 Å². The highest BCUT2D eigenvalue weighted by Crippen LogP contribution is 2.25. The van der Waals surface area contributed by atoms with E-state index < -0.39 is 62.3 Å². The molecule has 0 aromatic rings. The summed E-state index contributed by atoms with van der Waals surface area (Å²) in [5.74, 6) is 0. The molecule has 0 N–H and O–H groups in total. The molecule has 0 fully saturated rings. The van der Waals surface area contributed by atoms with Crippen LogP contribution in [0.3, 0.4) is 0 Å². The molecular formula is C18H64O6Si7. The van der Waals surface area contributed by atoms with Crippen molar-refractivity contribution in [1.82, 2.24) is 0 Å². The van der Waals surface area contributed by atoms with Gasteiger partial charge in [-0.2, -0.15) is 0 Å². The second-order valence-corrected chi connectivity index (χ2v) is 28.0. The Morgan fingerprint density at radius 2 is 0.548 bits per heavy atom. The zero-order chi connectivity index (χ0) is 20.1. The molecule has 0 aromatic heterocycles. The van der Waals surface area contributed by atoms with E-state index in [0.29, 0.717) is 0 Å². The molecule has 0 spiro atoms. The summed E-state index contributed by atoms with van der Waals surface area (Å²) in [6, 6.07) is 0. The van der Waals surface area contributed by atoms with E-state index in [9.17, 15) is 0 Å². The van der Waals surface area contributed by atoms with Gasteiger partial charge in [-0.05, 0) is 65.5 Å². The van der Waals surface area contributed by atoms with Crippen molar-refractivity contribution in [2.45, 2.75) is 123 Å². The number of rotatable bonds is 12.